The van der Waals surface area contributed by atoms with Gasteiger partial charge in [-0.25, -0.2) is 9.97 Å². The Morgan fingerprint density at radius 1 is 1.15 bits per heavy atom. The smallest absolute Gasteiger partial charge is 0.159 e. The lowest BCUT2D eigenvalue weighted by Gasteiger charge is -1.99. The van der Waals surface area contributed by atoms with Crippen LogP contribution in [0.5, 0.6) is 0 Å². The molecule has 2 heterocycles. The van der Waals surface area contributed by atoms with Crippen molar-refractivity contribution in [3.63, 3.8) is 0 Å². The lowest BCUT2D eigenvalue weighted by molar-refractivity contribution is 1.15. The van der Waals surface area contributed by atoms with E-state index in [1.165, 1.54) is 0 Å². The summed E-state index contributed by atoms with van der Waals surface area (Å²) in [5, 5.41) is 1.87. The predicted molar refractivity (Wildman–Crippen MR) is 56.9 cm³/mol. The SMILES string of the molecule is Cc1ccc2ccc(CBr)nc2n1. The quantitative estimate of drug-likeness (QED) is 0.712. The van der Waals surface area contributed by atoms with Crippen molar-refractivity contribution in [1.82, 2.24) is 9.97 Å². The van der Waals surface area contributed by atoms with Gasteiger partial charge < -0.3 is 0 Å². The van der Waals surface area contributed by atoms with Crippen molar-refractivity contribution in [2.75, 3.05) is 0 Å². The van der Waals surface area contributed by atoms with E-state index >= 15 is 0 Å². The first-order chi connectivity index (χ1) is 6.29. The van der Waals surface area contributed by atoms with Crippen LogP contribution in [0.2, 0.25) is 0 Å². The fraction of sp³-hybridized carbons (Fsp3) is 0.200. The van der Waals surface area contributed by atoms with E-state index in [-0.39, 0.29) is 0 Å². The molecule has 0 amide bonds. The molecule has 2 nitrogen and oxygen atoms in total. The minimum atomic E-state index is 0.776. The summed E-state index contributed by atoms with van der Waals surface area (Å²) in [6, 6.07) is 8.10. The molecule has 0 aliphatic carbocycles. The van der Waals surface area contributed by atoms with E-state index < -0.39 is 0 Å². The van der Waals surface area contributed by atoms with Gasteiger partial charge in [-0.1, -0.05) is 15.9 Å². The minimum Gasteiger partial charge on any atom is -0.233 e. The summed E-state index contributed by atoms with van der Waals surface area (Å²) < 4.78 is 0. The van der Waals surface area contributed by atoms with Gasteiger partial charge in [0.15, 0.2) is 5.65 Å². The number of hydrogen-bond donors (Lipinski definition) is 0. The summed E-state index contributed by atoms with van der Waals surface area (Å²) in [6.07, 6.45) is 0. The maximum atomic E-state index is 4.40. The van der Waals surface area contributed by atoms with Crippen molar-refractivity contribution in [2.24, 2.45) is 0 Å². The van der Waals surface area contributed by atoms with E-state index in [2.05, 4.69) is 25.9 Å². The molecule has 0 unspecified atom stereocenters. The molecule has 0 aliphatic rings. The van der Waals surface area contributed by atoms with Crippen molar-refractivity contribution in [3.8, 4) is 0 Å². The third-order valence-electron chi connectivity index (χ3n) is 1.89. The summed E-state index contributed by atoms with van der Waals surface area (Å²) in [5.41, 5.74) is 2.86. The first-order valence-electron chi connectivity index (χ1n) is 4.09. The van der Waals surface area contributed by atoms with Gasteiger partial charge in [-0.15, -0.1) is 0 Å². The second-order valence-electron chi connectivity index (χ2n) is 2.94. The van der Waals surface area contributed by atoms with Crippen molar-refractivity contribution in [3.05, 3.63) is 35.7 Å². The van der Waals surface area contributed by atoms with E-state index in [4.69, 9.17) is 0 Å². The molecule has 0 N–H and O–H groups in total. The van der Waals surface area contributed by atoms with Crippen molar-refractivity contribution in [1.29, 1.82) is 0 Å². The first-order valence-corrected chi connectivity index (χ1v) is 5.21. The van der Waals surface area contributed by atoms with E-state index in [9.17, 15) is 0 Å². The van der Waals surface area contributed by atoms with Crippen LogP contribution in [0, 0.1) is 6.92 Å². The number of pyridine rings is 2. The number of rotatable bonds is 1. The largest absolute Gasteiger partial charge is 0.233 e. The van der Waals surface area contributed by atoms with Crippen LogP contribution in [0.1, 0.15) is 11.4 Å². The molecule has 2 rings (SSSR count). The number of fused-ring (bicyclic) bond motifs is 1. The highest BCUT2D eigenvalue weighted by molar-refractivity contribution is 9.08. The molecule has 0 atom stereocenters. The molecule has 0 spiro atoms. The van der Waals surface area contributed by atoms with Gasteiger partial charge in [0.25, 0.3) is 0 Å². The first kappa shape index (κ1) is 8.63. The Kier molecular flexibility index (Phi) is 2.27. The molecule has 0 aliphatic heterocycles. The fourth-order valence-corrected chi connectivity index (χ4v) is 1.52. The molecular weight excluding hydrogens is 228 g/mol. The van der Waals surface area contributed by atoms with Crippen LogP contribution in [-0.2, 0) is 5.33 Å². The van der Waals surface area contributed by atoms with Gasteiger partial charge in [0.1, 0.15) is 0 Å². The Labute approximate surface area is 85.1 Å². The summed E-state index contributed by atoms with van der Waals surface area (Å²) in [6.45, 7) is 1.97. The van der Waals surface area contributed by atoms with Crippen LogP contribution >= 0.6 is 15.9 Å². The lowest BCUT2D eigenvalue weighted by atomic mass is 10.2. The van der Waals surface area contributed by atoms with Gasteiger partial charge in [0.05, 0.1) is 5.69 Å². The second-order valence-corrected chi connectivity index (χ2v) is 3.50. The third-order valence-corrected chi connectivity index (χ3v) is 2.46. The minimum absolute atomic E-state index is 0.776. The number of aromatic nitrogens is 2. The highest BCUT2D eigenvalue weighted by Crippen LogP contribution is 2.12. The number of halogens is 1. The average molecular weight is 237 g/mol. The Balaban J connectivity index is 2.68. The monoisotopic (exact) mass is 236 g/mol. The Morgan fingerprint density at radius 3 is 2.69 bits per heavy atom. The van der Waals surface area contributed by atoms with Crippen LogP contribution in [0.4, 0.5) is 0 Å². The molecule has 0 saturated heterocycles. The molecular formula is C10H9BrN2. The second kappa shape index (κ2) is 3.42. The van der Waals surface area contributed by atoms with Gasteiger partial charge in [0.2, 0.25) is 0 Å². The zero-order chi connectivity index (χ0) is 9.26. The van der Waals surface area contributed by atoms with Crippen LogP contribution in [0.3, 0.4) is 0 Å². The molecule has 2 aromatic rings. The average Bonchev–Trinajstić information content (AvgIpc) is 2.16. The van der Waals surface area contributed by atoms with Crippen LogP contribution in [0.25, 0.3) is 11.0 Å². The van der Waals surface area contributed by atoms with Crippen LogP contribution < -0.4 is 0 Å². The standard InChI is InChI=1S/C10H9BrN2/c1-7-2-3-8-4-5-9(6-11)13-10(8)12-7/h2-5H,6H2,1H3. The zero-order valence-corrected chi connectivity index (χ0v) is 8.87. The molecule has 0 saturated carbocycles. The van der Waals surface area contributed by atoms with Crippen molar-refractivity contribution >= 4 is 27.0 Å². The summed E-state index contributed by atoms with van der Waals surface area (Å²) in [4.78, 5) is 8.75. The fourth-order valence-electron chi connectivity index (χ4n) is 1.21. The highest BCUT2D eigenvalue weighted by atomic mass is 79.9. The normalized spacial score (nSPS) is 10.6. The molecule has 13 heavy (non-hydrogen) atoms. The van der Waals surface area contributed by atoms with E-state index in [1.807, 2.05) is 31.2 Å². The van der Waals surface area contributed by atoms with E-state index in [1.54, 1.807) is 0 Å². The Bertz CT molecular complexity index is 440. The van der Waals surface area contributed by atoms with E-state index in [0.29, 0.717) is 0 Å². The third kappa shape index (κ3) is 1.70. The van der Waals surface area contributed by atoms with Gasteiger partial charge in [-0.3, -0.25) is 0 Å². The van der Waals surface area contributed by atoms with Gasteiger partial charge >= 0.3 is 0 Å². The molecule has 66 valence electrons. The Hall–Kier alpha value is -0.960. The summed E-state index contributed by atoms with van der Waals surface area (Å²) >= 11 is 3.37. The number of alkyl halides is 1. The van der Waals surface area contributed by atoms with Crippen molar-refractivity contribution in [2.45, 2.75) is 12.3 Å². The number of nitrogens with zero attached hydrogens (tertiary/aromatic N) is 2. The Morgan fingerprint density at radius 2 is 1.92 bits per heavy atom. The summed E-state index contributed by atoms with van der Waals surface area (Å²) in [7, 11) is 0. The molecule has 0 bridgehead atoms. The maximum Gasteiger partial charge on any atom is 0.159 e. The molecule has 3 heteroatoms. The van der Waals surface area contributed by atoms with Crippen molar-refractivity contribution < 1.29 is 0 Å². The van der Waals surface area contributed by atoms with Gasteiger partial charge in [0, 0.05) is 16.4 Å². The number of hydrogen-bond acceptors (Lipinski definition) is 2. The maximum absolute atomic E-state index is 4.40. The highest BCUT2D eigenvalue weighted by Gasteiger charge is 1.98. The topological polar surface area (TPSA) is 25.8 Å². The molecule has 0 fully saturated rings. The van der Waals surface area contributed by atoms with E-state index in [0.717, 1.165) is 27.8 Å². The molecule has 2 aromatic heterocycles. The molecule has 0 aromatic carbocycles. The van der Waals surface area contributed by atoms with Gasteiger partial charge in [-0.05, 0) is 31.2 Å². The van der Waals surface area contributed by atoms with Gasteiger partial charge in [-0.2, -0.15) is 0 Å². The lowest BCUT2D eigenvalue weighted by Crippen LogP contribution is -1.90. The summed E-state index contributed by atoms with van der Waals surface area (Å²) in [5.74, 6) is 0. The zero-order valence-electron chi connectivity index (χ0n) is 7.29. The van der Waals surface area contributed by atoms with Crippen LogP contribution in [0.15, 0.2) is 24.3 Å². The number of aryl methyl sites for hydroxylation is 1. The van der Waals surface area contributed by atoms with Crippen LogP contribution in [-0.4, -0.2) is 9.97 Å². The predicted octanol–water partition coefficient (Wildman–Crippen LogP) is 2.83. The molecule has 0 radical (unpaired) electrons.